The van der Waals surface area contributed by atoms with Crippen molar-refractivity contribution in [2.24, 2.45) is 5.92 Å². The van der Waals surface area contributed by atoms with Crippen molar-refractivity contribution in [1.82, 2.24) is 19.6 Å². The molecule has 0 bridgehead atoms. The Labute approximate surface area is 204 Å². The third kappa shape index (κ3) is 6.10. The molecule has 3 amide bonds. The van der Waals surface area contributed by atoms with E-state index in [-0.39, 0.29) is 18.0 Å². The van der Waals surface area contributed by atoms with E-state index < -0.39 is 0 Å². The number of imidazole rings is 1. The van der Waals surface area contributed by atoms with Crippen LogP contribution in [0.5, 0.6) is 5.75 Å². The molecule has 0 radical (unpaired) electrons. The van der Waals surface area contributed by atoms with Gasteiger partial charge in [-0.3, -0.25) is 4.79 Å². The van der Waals surface area contributed by atoms with Gasteiger partial charge in [0.2, 0.25) is 5.91 Å². The first kappa shape index (κ1) is 23.2. The van der Waals surface area contributed by atoms with Crippen LogP contribution in [0.2, 0.25) is 0 Å². The highest BCUT2D eigenvalue weighted by Crippen LogP contribution is 2.24. The number of benzene rings is 1. The van der Waals surface area contributed by atoms with Gasteiger partial charge in [0.1, 0.15) is 17.5 Å². The van der Waals surface area contributed by atoms with Crippen LogP contribution < -0.4 is 15.4 Å². The Morgan fingerprint density at radius 1 is 1.09 bits per heavy atom. The second kappa shape index (κ2) is 10.8. The molecule has 4 heterocycles. The number of anilines is 1. The van der Waals surface area contributed by atoms with Crippen LogP contribution in [0, 0.1) is 5.92 Å². The maximum absolute atomic E-state index is 12.6. The van der Waals surface area contributed by atoms with Gasteiger partial charge in [-0.2, -0.15) is 0 Å². The highest BCUT2D eigenvalue weighted by molar-refractivity contribution is 5.89. The van der Waals surface area contributed by atoms with Crippen molar-refractivity contribution in [3.8, 4) is 5.75 Å². The van der Waals surface area contributed by atoms with Crippen LogP contribution >= 0.6 is 0 Å². The number of aromatic nitrogens is 2. The summed E-state index contributed by atoms with van der Waals surface area (Å²) in [6.07, 6.45) is 8.90. The first-order valence-corrected chi connectivity index (χ1v) is 12.2. The molecule has 0 spiro atoms. The Morgan fingerprint density at radius 3 is 2.74 bits per heavy atom. The van der Waals surface area contributed by atoms with Crippen molar-refractivity contribution in [3.63, 3.8) is 0 Å². The van der Waals surface area contributed by atoms with E-state index in [1.54, 1.807) is 6.20 Å². The largest absolute Gasteiger partial charge is 0.489 e. The minimum Gasteiger partial charge on any atom is -0.489 e. The molecule has 5 rings (SSSR count). The number of likely N-dealkylation sites (tertiary alicyclic amines) is 1. The fourth-order valence-corrected chi connectivity index (χ4v) is 4.61. The average molecular weight is 478 g/mol. The molecule has 184 valence electrons. The first-order valence-electron chi connectivity index (χ1n) is 12.2. The molecule has 9 heteroatoms. The summed E-state index contributed by atoms with van der Waals surface area (Å²) in [7, 11) is 0. The van der Waals surface area contributed by atoms with Crippen LogP contribution in [0.3, 0.4) is 0 Å². The first-order chi connectivity index (χ1) is 17.1. The van der Waals surface area contributed by atoms with Crippen LogP contribution in [0.25, 0.3) is 5.65 Å². The van der Waals surface area contributed by atoms with E-state index in [0.29, 0.717) is 31.1 Å². The van der Waals surface area contributed by atoms with Gasteiger partial charge < -0.3 is 29.4 Å². The lowest BCUT2D eigenvalue weighted by molar-refractivity contribution is -0.132. The topological polar surface area (TPSA) is 97.2 Å². The van der Waals surface area contributed by atoms with E-state index in [1.807, 2.05) is 58.1 Å². The standard InChI is InChI=1S/C26H31N5O4/c32-25(16-19-7-13-34-14-8-19)31-11-6-23(18-31)35-22-3-1-21(2-4-22)29-26(33)28-17-20-5-10-30-12-9-27-24(30)15-20/h1-5,9-10,12,15,19,23H,6-8,11,13-14,16-18H2,(H2,28,29,33)/t23-/m1/s1. The zero-order chi connectivity index (χ0) is 24.0. The molecule has 2 fully saturated rings. The predicted molar refractivity (Wildman–Crippen MR) is 131 cm³/mol. The normalized spacial score (nSPS) is 18.5. The van der Waals surface area contributed by atoms with E-state index in [9.17, 15) is 9.59 Å². The third-order valence-corrected chi connectivity index (χ3v) is 6.63. The third-order valence-electron chi connectivity index (χ3n) is 6.63. The zero-order valence-corrected chi connectivity index (χ0v) is 19.7. The van der Waals surface area contributed by atoms with Gasteiger partial charge in [0.25, 0.3) is 0 Å². The lowest BCUT2D eigenvalue weighted by Gasteiger charge is -2.24. The summed E-state index contributed by atoms with van der Waals surface area (Å²) in [5, 5.41) is 5.70. The smallest absolute Gasteiger partial charge is 0.319 e. The van der Waals surface area contributed by atoms with Gasteiger partial charge in [0, 0.05) is 63.4 Å². The number of nitrogens with one attached hydrogen (secondary N) is 2. The minimum atomic E-state index is -0.281. The lowest BCUT2D eigenvalue weighted by Crippen LogP contribution is -2.33. The van der Waals surface area contributed by atoms with Gasteiger partial charge in [0.05, 0.1) is 6.54 Å². The Balaban J connectivity index is 1.05. The summed E-state index contributed by atoms with van der Waals surface area (Å²) in [5.74, 6) is 1.39. The Bertz CT molecular complexity index is 1160. The van der Waals surface area contributed by atoms with E-state index in [2.05, 4.69) is 15.6 Å². The van der Waals surface area contributed by atoms with Gasteiger partial charge in [-0.1, -0.05) is 0 Å². The number of urea groups is 1. The summed E-state index contributed by atoms with van der Waals surface area (Å²) in [6, 6.07) is 10.9. The van der Waals surface area contributed by atoms with E-state index >= 15 is 0 Å². The fourth-order valence-electron chi connectivity index (χ4n) is 4.61. The Kier molecular flexibility index (Phi) is 7.13. The number of rotatable bonds is 7. The van der Waals surface area contributed by atoms with Gasteiger partial charge >= 0.3 is 6.03 Å². The molecule has 0 saturated carbocycles. The molecule has 3 aromatic rings. The molecule has 2 aliphatic heterocycles. The Morgan fingerprint density at radius 2 is 1.91 bits per heavy atom. The van der Waals surface area contributed by atoms with Gasteiger partial charge in [-0.25, -0.2) is 9.78 Å². The molecule has 0 aliphatic carbocycles. The second-order valence-corrected chi connectivity index (χ2v) is 9.19. The molecule has 2 aromatic heterocycles. The van der Waals surface area contributed by atoms with Gasteiger partial charge in [-0.15, -0.1) is 0 Å². The SMILES string of the molecule is O=C(NCc1ccn2ccnc2c1)Nc1ccc(O[C@@H]2CCN(C(=O)CC3CCOCC3)C2)cc1. The number of hydrogen-bond donors (Lipinski definition) is 2. The van der Waals surface area contributed by atoms with E-state index in [0.717, 1.165) is 56.0 Å². The van der Waals surface area contributed by atoms with E-state index in [1.165, 1.54) is 0 Å². The molecular weight excluding hydrogens is 446 g/mol. The molecular formula is C26H31N5O4. The molecule has 35 heavy (non-hydrogen) atoms. The van der Waals surface area contributed by atoms with Gasteiger partial charge in [-0.05, 0) is 60.7 Å². The van der Waals surface area contributed by atoms with E-state index in [4.69, 9.17) is 9.47 Å². The quantitative estimate of drug-likeness (QED) is 0.543. The molecule has 0 unspecified atom stereocenters. The van der Waals surface area contributed by atoms with Crippen molar-refractivity contribution < 1.29 is 19.1 Å². The molecule has 1 atom stereocenters. The van der Waals surface area contributed by atoms with Crippen LogP contribution in [0.4, 0.5) is 10.5 Å². The fraction of sp³-hybridized carbons (Fsp3) is 0.423. The minimum absolute atomic E-state index is 0.0110. The number of hydrogen-bond acceptors (Lipinski definition) is 5. The molecule has 2 aliphatic rings. The monoisotopic (exact) mass is 477 g/mol. The van der Waals surface area contributed by atoms with Gasteiger partial charge in [0.15, 0.2) is 0 Å². The summed E-state index contributed by atoms with van der Waals surface area (Å²) >= 11 is 0. The average Bonchev–Trinajstić information content (AvgIpc) is 3.54. The van der Waals surface area contributed by atoms with Crippen LogP contribution in [0.1, 0.15) is 31.2 Å². The number of nitrogens with zero attached hydrogens (tertiary/aromatic N) is 3. The van der Waals surface area contributed by atoms with Crippen molar-refractivity contribution >= 4 is 23.3 Å². The maximum Gasteiger partial charge on any atom is 0.319 e. The van der Waals surface area contributed by atoms with Crippen molar-refractivity contribution in [2.45, 2.75) is 38.3 Å². The molecule has 2 N–H and O–H groups in total. The zero-order valence-electron chi connectivity index (χ0n) is 19.7. The van der Waals surface area contributed by atoms with Crippen molar-refractivity contribution in [2.75, 3.05) is 31.6 Å². The summed E-state index contributed by atoms with van der Waals surface area (Å²) in [5.41, 5.74) is 2.49. The molecule has 2 saturated heterocycles. The van der Waals surface area contributed by atoms with Crippen LogP contribution in [0.15, 0.2) is 55.0 Å². The summed E-state index contributed by atoms with van der Waals surface area (Å²) in [4.78, 5) is 31.1. The predicted octanol–water partition coefficient (Wildman–Crippen LogP) is 3.45. The number of amides is 3. The highest BCUT2D eigenvalue weighted by Gasteiger charge is 2.29. The summed E-state index contributed by atoms with van der Waals surface area (Å²) < 4.78 is 13.4. The van der Waals surface area contributed by atoms with Crippen molar-refractivity contribution in [3.05, 3.63) is 60.6 Å². The summed E-state index contributed by atoms with van der Waals surface area (Å²) in [6.45, 7) is 3.29. The van der Waals surface area contributed by atoms with Crippen LogP contribution in [-0.4, -0.2) is 58.6 Å². The molecule has 9 nitrogen and oxygen atoms in total. The van der Waals surface area contributed by atoms with Crippen molar-refractivity contribution in [1.29, 1.82) is 0 Å². The lowest BCUT2D eigenvalue weighted by atomic mass is 9.96. The number of pyridine rings is 1. The molecule has 1 aromatic carbocycles. The number of fused-ring (bicyclic) bond motifs is 1. The van der Waals surface area contributed by atoms with Crippen LogP contribution in [-0.2, 0) is 16.1 Å². The number of ether oxygens (including phenoxy) is 2. The number of carbonyl (C=O) groups excluding carboxylic acids is 2. The second-order valence-electron chi connectivity index (χ2n) is 9.19. The highest BCUT2D eigenvalue weighted by atomic mass is 16.5. The number of carbonyl (C=O) groups is 2. The maximum atomic E-state index is 12.6. The Hall–Kier alpha value is -3.59.